The quantitative estimate of drug-likeness (QED) is 0.275. The van der Waals surface area contributed by atoms with Crippen LogP contribution >= 0.6 is 0 Å². The molecule has 0 atom stereocenters. The van der Waals surface area contributed by atoms with E-state index in [4.69, 9.17) is 20.3 Å². The number of amides is 1. The number of rotatable bonds is 8. The number of carbonyl (C=O) groups is 1. The zero-order valence-corrected chi connectivity index (χ0v) is 16.0. The number of allylic oxidation sites excluding steroid dienone is 1. The summed E-state index contributed by atoms with van der Waals surface area (Å²) in [7, 11) is 1.54. The van der Waals surface area contributed by atoms with Gasteiger partial charge in [0.2, 0.25) is 0 Å². The molecule has 1 amide bonds. The van der Waals surface area contributed by atoms with Gasteiger partial charge in [-0.05, 0) is 36.2 Å². The zero-order chi connectivity index (χ0) is 20.6. The Morgan fingerprint density at radius 3 is 2.90 bits per heavy atom. The molecule has 146 valence electrons. The number of furan rings is 1. The number of methoxy groups -OCH3 is 1. The number of carbonyl (C=O) groups excluding carboxylic acids is 1. The van der Waals surface area contributed by atoms with Crippen molar-refractivity contribution < 1.29 is 18.7 Å². The minimum Gasteiger partial charge on any atom is -0.493 e. The number of hydrogen-bond acceptors (Lipinski definition) is 5. The molecule has 0 aliphatic heterocycles. The summed E-state index contributed by atoms with van der Waals surface area (Å²) in [5.74, 6) is 3.27. The molecule has 0 spiro atoms. The number of para-hydroxylation sites is 1. The summed E-state index contributed by atoms with van der Waals surface area (Å²) in [5.41, 5.74) is 4.67. The number of nitrogens with one attached hydrogen (secondary N) is 1. The maximum atomic E-state index is 12.3. The van der Waals surface area contributed by atoms with Crippen molar-refractivity contribution in [2.45, 2.75) is 6.42 Å². The molecular formula is C23H20N2O4. The van der Waals surface area contributed by atoms with Gasteiger partial charge in [0.1, 0.15) is 12.2 Å². The first-order valence-electron chi connectivity index (χ1n) is 8.86. The number of fused-ring (bicyclic) bond motifs is 1. The second-order valence-corrected chi connectivity index (χ2v) is 6.04. The lowest BCUT2D eigenvalue weighted by Crippen LogP contribution is -2.16. The summed E-state index contributed by atoms with van der Waals surface area (Å²) in [4.78, 5) is 12.3. The van der Waals surface area contributed by atoms with E-state index in [9.17, 15) is 4.79 Å². The van der Waals surface area contributed by atoms with Gasteiger partial charge in [-0.2, -0.15) is 5.10 Å². The van der Waals surface area contributed by atoms with Crippen LogP contribution in [0, 0.1) is 12.3 Å². The second-order valence-electron chi connectivity index (χ2n) is 6.04. The van der Waals surface area contributed by atoms with E-state index in [1.54, 1.807) is 31.4 Å². The highest BCUT2D eigenvalue weighted by atomic mass is 16.5. The Labute approximate surface area is 168 Å². The third kappa shape index (κ3) is 4.66. The predicted molar refractivity (Wildman–Crippen MR) is 112 cm³/mol. The Hall–Kier alpha value is -3.98. The van der Waals surface area contributed by atoms with Crippen molar-refractivity contribution >= 4 is 23.1 Å². The standard InChI is InChI=1S/C23H20N2O4/c1-4-8-18-12-16(13-20(27-3)22(18)28-11-5-2)15-24-25-23(26)21-14-17-9-6-7-10-19(17)29-21/h2,4,6-7,9-10,12-15H,1,8,11H2,3H3,(H,25,26). The van der Waals surface area contributed by atoms with E-state index < -0.39 is 5.91 Å². The minimum absolute atomic E-state index is 0.126. The highest BCUT2D eigenvalue weighted by Gasteiger charge is 2.13. The fourth-order valence-electron chi connectivity index (χ4n) is 2.81. The maximum absolute atomic E-state index is 12.3. The number of terminal acetylenes is 1. The normalized spacial score (nSPS) is 10.6. The van der Waals surface area contributed by atoms with Crippen LogP contribution in [-0.4, -0.2) is 25.8 Å². The van der Waals surface area contributed by atoms with Crippen molar-refractivity contribution in [3.63, 3.8) is 0 Å². The fourth-order valence-corrected chi connectivity index (χ4v) is 2.81. The van der Waals surface area contributed by atoms with Gasteiger partial charge in [0.25, 0.3) is 0 Å². The summed E-state index contributed by atoms with van der Waals surface area (Å²) in [6.07, 6.45) is 9.11. The molecule has 0 saturated heterocycles. The van der Waals surface area contributed by atoms with Crippen molar-refractivity contribution in [3.05, 3.63) is 72.0 Å². The van der Waals surface area contributed by atoms with Gasteiger partial charge in [0, 0.05) is 10.9 Å². The Morgan fingerprint density at radius 1 is 1.34 bits per heavy atom. The average molecular weight is 388 g/mol. The van der Waals surface area contributed by atoms with E-state index in [2.05, 4.69) is 23.0 Å². The highest BCUT2D eigenvalue weighted by Crippen LogP contribution is 2.33. The van der Waals surface area contributed by atoms with E-state index in [1.165, 1.54) is 6.21 Å². The molecule has 0 fully saturated rings. The van der Waals surface area contributed by atoms with E-state index in [0.29, 0.717) is 23.5 Å². The molecule has 6 nitrogen and oxygen atoms in total. The fraction of sp³-hybridized carbons (Fsp3) is 0.130. The van der Waals surface area contributed by atoms with Crippen molar-refractivity contribution in [2.24, 2.45) is 5.10 Å². The summed E-state index contributed by atoms with van der Waals surface area (Å²) >= 11 is 0. The van der Waals surface area contributed by atoms with Crippen LogP contribution in [0.15, 0.2) is 64.6 Å². The predicted octanol–water partition coefficient (Wildman–Crippen LogP) is 3.95. The van der Waals surface area contributed by atoms with Crippen LogP contribution in [0.3, 0.4) is 0 Å². The van der Waals surface area contributed by atoms with Crippen LogP contribution in [0.2, 0.25) is 0 Å². The van der Waals surface area contributed by atoms with Crippen molar-refractivity contribution in [1.29, 1.82) is 0 Å². The molecule has 3 aromatic rings. The largest absolute Gasteiger partial charge is 0.493 e. The monoisotopic (exact) mass is 388 g/mol. The van der Waals surface area contributed by atoms with Crippen molar-refractivity contribution in [2.75, 3.05) is 13.7 Å². The Bertz CT molecular complexity index is 1070. The molecule has 0 unspecified atom stereocenters. The molecule has 2 aromatic carbocycles. The summed E-state index contributed by atoms with van der Waals surface area (Å²) < 4.78 is 16.5. The highest BCUT2D eigenvalue weighted by molar-refractivity contribution is 5.96. The van der Waals surface area contributed by atoms with Gasteiger partial charge in [-0.3, -0.25) is 4.79 Å². The van der Waals surface area contributed by atoms with E-state index in [1.807, 2.05) is 24.3 Å². The van der Waals surface area contributed by atoms with Gasteiger partial charge >= 0.3 is 5.91 Å². The molecule has 1 N–H and O–H groups in total. The number of ether oxygens (including phenoxy) is 2. The molecule has 29 heavy (non-hydrogen) atoms. The maximum Gasteiger partial charge on any atom is 0.307 e. The van der Waals surface area contributed by atoms with Crippen molar-refractivity contribution in [3.8, 4) is 23.8 Å². The van der Waals surface area contributed by atoms with Gasteiger partial charge < -0.3 is 13.9 Å². The van der Waals surface area contributed by atoms with Crippen molar-refractivity contribution in [1.82, 2.24) is 5.43 Å². The van der Waals surface area contributed by atoms with Gasteiger partial charge in [0.15, 0.2) is 17.3 Å². The lowest BCUT2D eigenvalue weighted by molar-refractivity contribution is 0.0929. The average Bonchev–Trinajstić information content (AvgIpc) is 3.17. The Kier molecular flexibility index (Phi) is 6.33. The molecule has 0 radical (unpaired) electrons. The van der Waals surface area contributed by atoms with Gasteiger partial charge in [0.05, 0.1) is 13.3 Å². The van der Waals surface area contributed by atoms with Crippen LogP contribution in [-0.2, 0) is 6.42 Å². The molecular weight excluding hydrogens is 368 g/mol. The van der Waals surface area contributed by atoms with Crippen LogP contribution < -0.4 is 14.9 Å². The molecule has 0 saturated carbocycles. The summed E-state index contributed by atoms with van der Waals surface area (Å²) in [6.45, 7) is 3.89. The second kappa shape index (κ2) is 9.29. The third-order valence-corrected chi connectivity index (χ3v) is 4.07. The summed E-state index contributed by atoms with van der Waals surface area (Å²) in [6, 6.07) is 12.7. The van der Waals surface area contributed by atoms with E-state index in [-0.39, 0.29) is 12.4 Å². The summed E-state index contributed by atoms with van der Waals surface area (Å²) in [5, 5.41) is 4.87. The molecule has 0 bridgehead atoms. The zero-order valence-electron chi connectivity index (χ0n) is 16.0. The molecule has 1 heterocycles. The Balaban J connectivity index is 1.78. The lowest BCUT2D eigenvalue weighted by Gasteiger charge is -2.14. The SMILES string of the molecule is C#CCOc1c(CC=C)cc(C=NNC(=O)c2cc3ccccc3o2)cc1OC. The van der Waals surface area contributed by atoms with Gasteiger partial charge in [-0.15, -0.1) is 13.0 Å². The first kappa shape index (κ1) is 19.8. The van der Waals surface area contributed by atoms with Crippen LogP contribution in [0.1, 0.15) is 21.7 Å². The van der Waals surface area contributed by atoms with Crippen LogP contribution in [0.25, 0.3) is 11.0 Å². The van der Waals surface area contributed by atoms with E-state index >= 15 is 0 Å². The third-order valence-electron chi connectivity index (χ3n) is 4.07. The van der Waals surface area contributed by atoms with Gasteiger partial charge in [-0.25, -0.2) is 5.43 Å². The molecule has 1 aromatic heterocycles. The number of benzene rings is 2. The van der Waals surface area contributed by atoms with Crippen LogP contribution in [0.5, 0.6) is 11.5 Å². The molecule has 0 aliphatic carbocycles. The van der Waals surface area contributed by atoms with Gasteiger partial charge in [-0.1, -0.05) is 30.2 Å². The lowest BCUT2D eigenvalue weighted by atomic mass is 10.1. The first-order valence-corrected chi connectivity index (χ1v) is 8.86. The topological polar surface area (TPSA) is 73.1 Å². The minimum atomic E-state index is -0.440. The Morgan fingerprint density at radius 2 is 2.17 bits per heavy atom. The molecule has 3 rings (SSSR count). The smallest absolute Gasteiger partial charge is 0.307 e. The van der Waals surface area contributed by atoms with Crippen LogP contribution in [0.4, 0.5) is 0 Å². The van der Waals surface area contributed by atoms with E-state index in [0.717, 1.165) is 16.5 Å². The molecule has 0 aliphatic rings. The first-order chi connectivity index (χ1) is 14.2. The molecule has 6 heteroatoms. The number of hydrogen-bond donors (Lipinski definition) is 1. The number of nitrogens with zero attached hydrogens (tertiary/aromatic N) is 1. The number of hydrazone groups is 1.